The van der Waals surface area contributed by atoms with Crippen LogP contribution in [0.5, 0.6) is 0 Å². The fraction of sp³-hybridized carbons (Fsp3) is 0.292. The van der Waals surface area contributed by atoms with Crippen molar-refractivity contribution in [2.24, 2.45) is 14.1 Å². The van der Waals surface area contributed by atoms with Crippen molar-refractivity contribution in [3.63, 3.8) is 0 Å². The van der Waals surface area contributed by atoms with E-state index in [9.17, 15) is 0 Å². The lowest BCUT2D eigenvalue weighted by Crippen LogP contribution is -2.37. The van der Waals surface area contributed by atoms with Crippen molar-refractivity contribution in [2.45, 2.75) is 6.92 Å². The molecule has 0 radical (unpaired) electrons. The Balaban J connectivity index is 1.43. The molecular weight excluding hydrogens is 430 g/mol. The van der Waals surface area contributed by atoms with E-state index in [1.54, 1.807) is 4.80 Å². The third-order valence-electron chi connectivity index (χ3n) is 6.09. The van der Waals surface area contributed by atoms with Gasteiger partial charge in [-0.1, -0.05) is 12.1 Å². The fourth-order valence-electron chi connectivity index (χ4n) is 4.40. The van der Waals surface area contributed by atoms with Gasteiger partial charge in [-0.3, -0.25) is 4.68 Å². The van der Waals surface area contributed by atoms with Crippen molar-refractivity contribution in [2.75, 3.05) is 36.5 Å². The van der Waals surface area contributed by atoms with Crippen LogP contribution in [0.4, 0.5) is 17.5 Å². The number of aryl methyl sites for hydroxylation is 3. The number of rotatable bonds is 4. The Bertz CT molecular complexity index is 1510. The Morgan fingerprint density at radius 3 is 2.56 bits per heavy atom. The molecule has 5 aromatic rings. The number of benzene rings is 2. The zero-order valence-corrected chi connectivity index (χ0v) is 19.4. The Morgan fingerprint density at radius 2 is 1.71 bits per heavy atom. The standard InChI is InChI=1S/C24H25N9O/c1-15-18-6-4-16(12-22(18)31(2)28-15)20-14-23(27-24(26-20)33-8-10-34-11-9-33)25-17-5-7-19-21(13-17)30-32(3)29-19/h4-7,12-14H,8-11H2,1-3H3,(H,25,26,27). The Labute approximate surface area is 196 Å². The fourth-order valence-corrected chi connectivity index (χ4v) is 4.40. The largest absolute Gasteiger partial charge is 0.378 e. The maximum Gasteiger partial charge on any atom is 0.228 e. The second kappa shape index (κ2) is 8.07. The number of anilines is 3. The van der Waals surface area contributed by atoms with Gasteiger partial charge in [-0.15, -0.1) is 0 Å². The van der Waals surface area contributed by atoms with Gasteiger partial charge in [-0.05, 0) is 31.2 Å². The average Bonchev–Trinajstić information content (AvgIpc) is 3.36. The molecule has 1 fully saturated rings. The van der Waals surface area contributed by atoms with E-state index >= 15 is 0 Å². The normalized spacial score (nSPS) is 14.3. The van der Waals surface area contributed by atoms with Gasteiger partial charge in [-0.25, -0.2) is 4.98 Å². The summed E-state index contributed by atoms with van der Waals surface area (Å²) in [5.41, 5.74) is 6.52. The summed E-state index contributed by atoms with van der Waals surface area (Å²) in [6, 6.07) is 14.2. The molecule has 6 rings (SSSR count). The highest BCUT2D eigenvalue weighted by Crippen LogP contribution is 2.29. The van der Waals surface area contributed by atoms with Gasteiger partial charge >= 0.3 is 0 Å². The van der Waals surface area contributed by atoms with Gasteiger partial charge < -0.3 is 15.0 Å². The number of aromatic nitrogens is 7. The first-order chi connectivity index (χ1) is 16.5. The lowest BCUT2D eigenvalue weighted by Gasteiger charge is -2.27. The highest BCUT2D eigenvalue weighted by atomic mass is 16.5. The van der Waals surface area contributed by atoms with Crippen LogP contribution < -0.4 is 10.2 Å². The number of ether oxygens (including phenoxy) is 1. The minimum absolute atomic E-state index is 0.667. The monoisotopic (exact) mass is 455 g/mol. The number of hydrogen-bond donors (Lipinski definition) is 1. The van der Waals surface area contributed by atoms with E-state index in [0.717, 1.165) is 63.5 Å². The predicted molar refractivity (Wildman–Crippen MR) is 131 cm³/mol. The van der Waals surface area contributed by atoms with Crippen LogP contribution in [0.15, 0.2) is 42.5 Å². The van der Waals surface area contributed by atoms with E-state index in [1.165, 1.54) is 0 Å². The maximum absolute atomic E-state index is 5.53. The molecule has 1 saturated heterocycles. The summed E-state index contributed by atoms with van der Waals surface area (Å²) in [7, 11) is 3.78. The summed E-state index contributed by atoms with van der Waals surface area (Å²) in [4.78, 5) is 13.5. The molecule has 0 atom stereocenters. The lowest BCUT2D eigenvalue weighted by molar-refractivity contribution is 0.122. The molecule has 0 saturated carbocycles. The molecule has 3 aromatic heterocycles. The van der Waals surface area contributed by atoms with Gasteiger partial charge in [0.2, 0.25) is 5.95 Å². The quantitative estimate of drug-likeness (QED) is 0.441. The van der Waals surface area contributed by atoms with Crippen molar-refractivity contribution in [3.8, 4) is 11.3 Å². The molecular formula is C24H25N9O. The highest BCUT2D eigenvalue weighted by molar-refractivity contribution is 5.87. The van der Waals surface area contributed by atoms with E-state index < -0.39 is 0 Å². The van der Waals surface area contributed by atoms with Crippen molar-refractivity contribution in [1.82, 2.24) is 34.7 Å². The Hall–Kier alpha value is -4.05. The second-order valence-corrected chi connectivity index (χ2v) is 8.50. The minimum Gasteiger partial charge on any atom is -0.378 e. The Kier molecular flexibility index (Phi) is 4.88. The van der Waals surface area contributed by atoms with E-state index in [-0.39, 0.29) is 0 Å². The van der Waals surface area contributed by atoms with Crippen LogP contribution in [0, 0.1) is 6.92 Å². The molecule has 4 heterocycles. The van der Waals surface area contributed by atoms with E-state index in [2.05, 4.69) is 43.7 Å². The van der Waals surface area contributed by atoms with Gasteiger partial charge in [0.15, 0.2) is 0 Å². The molecule has 2 aromatic carbocycles. The SMILES string of the molecule is Cc1nn(C)c2cc(-c3cc(Nc4ccc5nn(C)nc5c4)nc(N4CCOCC4)n3)ccc12. The van der Waals surface area contributed by atoms with Crippen molar-refractivity contribution < 1.29 is 4.74 Å². The maximum atomic E-state index is 5.53. The van der Waals surface area contributed by atoms with Crippen LogP contribution in [0.3, 0.4) is 0 Å². The molecule has 0 unspecified atom stereocenters. The van der Waals surface area contributed by atoms with Gasteiger partial charge in [0.25, 0.3) is 0 Å². The molecule has 1 aliphatic heterocycles. The number of hydrogen-bond acceptors (Lipinski definition) is 8. The summed E-state index contributed by atoms with van der Waals surface area (Å²) in [5.74, 6) is 1.40. The van der Waals surface area contributed by atoms with Crippen LogP contribution in [0.25, 0.3) is 33.2 Å². The summed E-state index contributed by atoms with van der Waals surface area (Å²) in [6.07, 6.45) is 0. The second-order valence-electron chi connectivity index (χ2n) is 8.50. The van der Waals surface area contributed by atoms with Crippen LogP contribution >= 0.6 is 0 Å². The average molecular weight is 456 g/mol. The van der Waals surface area contributed by atoms with Gasteiger partial charge in [-0.2, -0.15) is 25.1 Å². The Morgan fingerprint density at radius 1 is 0.882 bits per heavy atom. The lowest BCUT2D eigenvalue weighted by atomic mass is 10.1. The van der Waals surface area contributed by atoms with Crippen LogP contribution in [-0.2, 0) is 18.8 Å². The zero-order valence-electron chi connectivity index (χ0n) is 19.4. The third-order valence-corrected chi connectivity index (χ3v) is 6.09. The molecule has 1 N–H and O–H groups in total. The first-order valence-electron chi connectivity index (χ1n) is 11.3. The highest BCUT2D eigenvalue weighted by Gasteiger charge is 2.17. The topological polar surface area (TPSA) is 98.8 Å². The van der Waals surface area contributed by atoms with Gasteiger partial charge in [0.05, 0.1) is 30.1 Å². The van der Waals surface area contributed by atoms with Crippen LogP contribution in [0.1, 0.15) is 5.69 Å². The summed E-state index contributed by atoms with van der Waals surface area (Å²) >= 11 is 0. The molecule has 0 spiro atoms. The van der Waals surface area contributed by atoms with E-state index in [1.807, 2.05) is 50.0 Å². The first-order valence-corrected chi connectivity index (χ1v) is 11.3. The molecule has 10 nitrogen and oxygen atoms in total. The van der Waals surface area contributed by atoms with Crippen molar-refractivity contribution in [3.05, 3.63) is 48.2 Å². The molecule has 0 amide bonds. The van der Waals surface area contributed by atoms with Crippen LogP contribution in [-0.4, -0.2) is 61.0 Å². The molecule has 1 aliphatic rings. The van der Waals surface area contributed by atoms with Crippen LogP contribution in [0.2, 0.25) is 0 Å². The number of morpholine rings is 1. The number of fused-ring (bicyclic) bond motifs is 2. The minimum atomic E-state index is 0.667. The van der Waals surface area contributed by atoms with Crippen molar-refractivity contribution in [1.29, 1.82) is 0 Å². The molecule has 34 heavy (non-hydrogen) atoms. The molecule has 0 bridgehead atoms. The first kappa shape index (κ1) is 20.5. The molecule has 172 valence electrons. The molecule has 0 aliphatic carbocycles. The van der Waals surface area contributed by atoms with E-state index in [4.69, 9.17) is 14.7 Å². The third kappa shape index (κ3) is 3.71. The number of nitrogens with zero attached hydrogens (tertiary/aromatic N) is 8. The smallest absolute Gasteiger partial charge is 0.228 e. The summed E-state index contributed by atoms with van der Waals surface area (Å²) < 4.78 is 7.44. The van der Waals surface area contributed by atoms with Gasteiger partial charge in [0, 0.05) is 49.9 Å². The number of nitrogens with one attached hydrogen (secondary N) is 1. The zero-order chi connectivity index (χ0) is 23.2. The summed E-state index contributed by atoms with van der Waals surface area (Å²) in [5, 5.41) is 17.9. The molecule has 10 heteroatoms. The van der Waals surface area contributed by atoms with Gasteiger partial charge in [0.1, 0.15) is 16.9 Å². The van der Waals surface area contributed by atoms with Crippen molar-refractivity contribution >= 4 is 39.4 Å². The predicted octanol–water partition coefficient (Wildman–Crippen LogP) is 3.20. The summed E-state index contributed by atoms with van der Waals surface area (Å²) in [6.45, 7) is 4.88. The van der Waals surface area contributed by atoms with E-state index in [0.29, 0.717) is 19.2 Å².